The van der Waals surface area contributed by atoms with Crippen molar-refractivity contribution in [2.24, 2.45) is 7.05 Å². The smallest absolute Gasteiger partial charge is 0.302 e. The van der Waals surface area contributed by atoms with Crippen molar-refractivity contribution in [3.63, 3.8) is 0 Å². The molecule has 68 valence electrons. The van der Waals surface area contributed by atoms with Crippen LogP contribution in [0.5, 0.6) is 0 Å². The Morgan fingerprint density at radius 1 is 1.54 bits per heavy atom. The van der Waals surface area contributed by atoms with Gasteiger partial charge in [0, 0.05) is 31.0 Å². The lowest BCUT2D eigenvalue weighted by atomic mass is 10.6. The Labute approximate surface area is 79.1 Å². The number of nitrogens with zero attached hydrogens (tertiary/aromatic N) is 3. The molecule has 0 unspecified atom stereocenters. The van der Waals surface area contributed by atoms with Gasteiger partial charge >= 0.3 is 5.69 Å². The van der Waals surface area contributed by atoms with Crippen molar-refractivity contribution in [1.29, 1.82) is 0 Å². The van der Waals surface area contributed by atoms with E-state index in [4.69, 9.17) is 0 Å². The Kier molecular flexibility index (Phi) is 2.02. The molecule has 0 radical (unpaired) electrons. The summed E-state index contributed by atoms with van der Waals surface area (Å²) in [4.78, 5) is 15.5. The highest BCUT2D eigenvalue weighted by atomic mass is 32.1. The van der Waals surface area contributed by atoms with Crippen LogP contribution in [0.2, 0.25) is 0 Å². The van der Waals surface area contributed by atoms with E-state index in [9.17, 15) is 4.79 Å². The first kappa shape index (κ1) is 8.25. The molecule has 0 saturated carbocycles. The minimum absolute atomic E-state index is 0.00444. The Hall–Kier alpha value is -1.36. The van der Waals surface area contributed by atoms with Gasteiger partial charge in [0.1, 0.15) is 5.01 Å². The van der Waals surface area contributed by atoms with Crippen LogP contribution in [0.3, 0.4) is 0 Å². The summed E-state index contributed by atoms with van der Waals surface area (Å²) in [6.45, 7) is 0.567. The number of rotatable bonds is 2. The molecule has 0 saturated heterocycles. The summed E-state index contributed by atoms with van der Waals surface area (Å²) in [5.74, 6) is 0. The molecular formula is C8H9N3OS. The molecule has 4 nitrogen and oxygen atoms in total. The Morgan fingerprint density at radius 2 is 2.38 bits per heavy atom. The average molecular weight is 195 g/mol. The molecule has 0 aliphatic carbocycles. The molecule has 0 atom stereocenters. The van der Waals surface area contributed by atoms with Gasteiger partial charge in [-0.2, -0.15) is 0 Å². The predicted molar refractivity (Wildman–Crippen MR) is 50.9 cm³/mol. The summed E-state index contributed by atoms with van der Waals surface area (Å²) >= 11 is 1.56. The second kappa shape index (κ2) is 3.18. The van der Waals surface area contributed by atoms with Crippen molar-refractivity contribution in [2.45, 2.75) is 6.54 Å². The summed E-state index contributed by atoms with van der Waals surface area (Å²) < 4.78 is 3.19. The van der Waals surface area contributed by atoms with Gasteiger partial charge in [0.2, 0.25) is 0 Å². The lowest BCUT2D eigenvalue weighted by molar-refractivity contribution is 0.714. The van der Waals surface area contributed by atoms with Crippen LogP contribution in [0.4, 0.5) is 0 Å². The summed E-state index contributed by atoms with van der Waals surface area (Å²) in [5.41, 5.74) is -0.00444. The normalized spacial score (nSPS) is 10.5. The second-order valence-electron chi connectivity index (χ2n) is 2.75. The zero-order chi connectivity index (χ0) is 9.26. The lowest BCUT2D eigenvalue weighted by Crippen LogP contribution is -2.22. The highest BCUT2D eigenvalue weighted by Gasteiger charge is 2.01. The molecule has 0 aliphatic heterocycles. The van der Waals surface area contributed by atoms with Crippen LogP contribution in [0.15, 0.2) is 28.8 Å². The van der Waals surface area contributed by atoms with E-state index in [0.29, 0.717) is 6.54 Å². The van der Waals surface area contributed by atoms with Crippen LogP contribution in [0.25, 0.3) is 0 Å². The molecule has 0 aromatic carbocycles. The number of aromatic nitrogens is 3. The summed E-state index contributed by atoms with van der Waals surface area (Å²) in [5, 5.41) is 2.86. The van der Waals surface area contributed by atoms with Crippen molar-refractivity contribution >= 4 is 11.3 Å². The zero-order valence-corrected chi connectivity index (χ0v) is 7.99. The predicted octanol–water partition coefficient (Wildman–Crippen LogP) is 0.692. The maximum atomic E-state index is 11.4. The average Bonchev–Trinajstić information content (AvgIpc) is 2.71. The molecular weight excluding hydrogens is 186 g/mol. The standard InChI is InChI=1S/C8H9N3OS/c1-10-3-4-11(8(10)12)6-7-9-2-5-13-7/h2-5H,6H2,1H3. The van der Waals surface area contributed by atoms with E-state index in [1.165, 1.54) is 0 Å². The van der Waals surface area contributed by atoms with Crippen molar-refractivity contribution in [1.82, 2.24) is 14.1 Å². The van der Waals surface area contributed by atoms with E-state index in [2.05, 4.69) is 4.98 Å². The number of hydrogen-bond donors (Lipinski definition) is 0. The Morgan fingerprint density at radius 3 is 2.92 bits per heavy atom. The highest BCUT2D eigenvalue weighted by Crippen LogP contribution is 2.04. The maximum Gasteiger partial charge on any atom is 0.328 e. The zero-order valence-electron chi connectivity index (χ0n) is 7.17. The van der Waals surface area contributed by atoms with Crippen LogP contribution in [0.1, 0.15) is 5.01 Å². The molecule has 5 heteroatoms. The summed E-state index contributed by atoms with van der Waals surface area (Å²) in [6.07, 6.45) is 5.26. The van der Waals surface area contributed by atoms with E-state index >= 15 is 0 Å². The van der Waals surface area contributed by atoms with Gasteiger partial charge < -0.3 is 4.57 Å². The lowest BCUT2D eigenvalue weighted by Gasteiger charge is -1.95. The molecule has 0 aliphatic rings. The molecule has 0 bridgehead atoms. The van der Waals surface area contributed by atoms with Crippen LogP contribution in [-0.4, -0.2) is 14.1 Å². The molecule has 2 aromatic heterocycles. The molecule has 13 heavy (non-hydrogen) atoms. The van der Waals surface area contributed by atoms with Gasteiger partial charge in [-0.15, -0.1) is 11.3 Å². The minimum Gasteiger partial charge on any atom is -0.302 e. The molecule has 2 aromatic rings. The number of hydrogen-bond acceptors (Lipinski definition) is 3. The summed E-state index contributed by atoms with van der Waals surface area (Å²) in [6, 6.07) is 0. The van der Waals surface area contributed by atoms with Crippen molar-refractivity contribution in [3.05, 3.63) is 39.5 Å². The van der Waals surface area contributed by atoms with Gasteiger partial charge in [-0.1, -0.05) is 0 Å². The number of thiazole rings is 1. The fraction of sp³-hybridized carbons (Fsp3) is 0.250. The van der Waals surface area contributed by atoms with Gasteiger partial charge in [-0.3, -0.25) is 4.57 Å². The topological polar surface area (TPSA) is 39.8 Å². The van der Waals surface area contributed by atoms with Gasteiger partial charge in [0.15, 0.2) is 0 Å². The van der Waals surface area contributed by atoms with E-state index in [0.717, 1.165) is 5.01 Å². The van der Waals surface area contributed by atoms with E-state index in [1.54, 1.807) is 46.1 Å². The third-order valence-corrected chi connectivity index (χ3v) is 2.57. The number of imidazole rings is 1. The summed E-state index contributed by atoms with van der Waals surface area (Å²) in [7, 11) is 1.74. The monoisotopic (exact) mass is 195 g/mol. The third-order valence-electron chi connectivity index (χ3n) is 1.81. The van der Waals surface area contributed by atoms with Crippen molar-refractivity contribution < 1.29 is 0 Å². The van der Waals surface area contributed by atoms with Gasteiger partial charge in [0.25, 0.3) is 0 Å². The fourth-order valence-corrected chi connectivity index (χ4v) is 1.72. The first-order valence-electron chi connectivity index (χ1n) is 3.87. The Bertz CT molecular complexity index is 440. The van der Waals surface area contributed by atoms with E-state index in [-0.39, 0.29) is 5.69 Å². The SMILES string of the molecule is Cn1ccn(Cc2nccs2)c1=O. The fourth-order valence-electron chi connectivity index (χ4n) is 1.11. The first-order chi connectivity index (χ1) is 6.27. The van der Waals surface area contributed by atoms with Crippen molar-refractivity contribution in [2.75, 3.05) is 0 Å². The van der Waals surface area contributed by atoms with Gasteiger partial charge in [-0.05, 0) is 0 Å². The van der Waals surface area contributed by atoms with Crippen LogP contribution >= 0.6 is 11.3 Å². The quantitative estimate of drug-likeness (QED) is 0.707. The third kappa shape index (κ3) is 1.55. The van der Waals surface area contributed by atoms with Crippen LogP contribution < -0.4 is 5.69 Å². The van der Waals surface area contributed by atoms with E-state index < -0.39 is 0 Å². The molecule has 0 fully saturated rings. The number of aryl methyl sites for hydroxylation is 1. The van der Waals surface area contributed by atoms with Gasteiger partial charge in [-0.25, -0.2) is 9.78 Å². The molecule has 0 spiro atoms. The highest BCUT2D eigenvalue weighted by molar-refractivity contribution is 7.09. The van der Waals surface area contributed by atoms with E-state index in [1.807, 2.05) is 5.38 Å². The maximum absolute atomic E-state index is 11.4. The van der Waals surface area contributed by atoms with Gasteiger partial charge in [0.05, 0.1) is 6.54 Å². The first-order valence-corrected chi connectivity index (χ1v) is 4.75. The molecule has 0 amide bonds. The molecule has 0 N–H and O–H groups in total. The van der Waals surface area contributed by atoms with Crippen LogP contribution in [-0.2, 0) is 13.6 Å². The molecule has 2 rings (SSSR count). The van der Waals surface area contributed by atoms with Crippen LogP contribution in [0, 0.1) is 0 Å². The Balaban J connectivity index is 2.29. The molecule has 2 heterocycles. The van der Waals surface area contributed by atoms with Crippen molar-refractivity contribution in [3.8, 4) is 0 Å². The second-order valence-corrected chi connectivity index (χ2v) is 3.72. The minimum atomic E-state index is -0.00444. The largest absolute Gasteiger partial charge is 0.328 e.